The summed E-state index contributed by atoms with van der Waals surface area (Å²) in [5.74, 6) is -0.463. The van der Waals surface area contributed by atoms with Crippen LogP contribution in [0.3, 0.4) is 0 Å². The van der Waals surface area contributed by atoms with E-state index >= 15 is 0 Å². The zero-order valence-corrected chi connectivity index (χ0v) is 29.2. The highest BCUT2D eigenvalue weighted by Crippen LogP contribution is 2.54. The van der Waals surface area contributed by atoms with Gasteiger partial charge in [0, 0.05) is 43.3 Å². The topological polar surface area (TPSA) is 91.4 Å². The highest BCUT2D eigenvalue weighted by molar-refractivity contribution is 6.09. The van der Waals surface area contributed by atoms with Gasteiger partial charge in [0.1, 0.15) is 17.8 Å². The molecule has 0 aliphatic carbocycles. The number of fused-ring (bicyclic) bond motifs is 1. The number of ether oxygens (including phenoxy) is 2. The minimum Gasteiger partial charge on any atom is -0.493 e. The van der Waals surface area contributed by atoms with Crippen molar-refractivity contribution in [3.05, 3.63) is 101 Å². The molecule has 9 nitrogen and oxygen atoms in total. The molecule has 4 amide bonds. The Hall–Kier alpha value is -5.05. The number of imide groups is 1. The largest absolute Gasteiger partial charge is 0.493 e. The van der Waals surface area contributed by atoms with E-state index in [1.165, 1.54) is 47.4 Å². The molecule has 3 aromatic rings. The number of hydrogen-bond donors (Lipinski definition) is 1. The fourth-order valence-electron chi connectivity index (χ4n) is 7.14. The molecule has 0 saturated carbocycles. The molecule has 6 rings (SSSR count). The van der Waals surface area contributed by atoms with Crippen molar-refractivity contribution in [2.45, 2.75) is 63.3 Å². The monoisotopic (exact) mass is 744 g/mol. The molecule has 1 unspecified atom stereocenters. The number of carbonyl (C=O) groups excluding carboxylic acids is 3. The van der Waals surface area contributed by atoms with Gasteiger partial charge in [-0.3, -0.25) is 14.5 Å². The highest BCUT2D eigenvalue weighted by Gasteiger charge is 2.73. The van der Waals surface area contributed by atoms with E-state index in [1.807, 2.05) is 6.07 Å². The van der Waals surface area contributed by atoms with Crippen molar-refractivity contribution in [1.29, 1.82) is 0 Å². The van der Waals surface area contributed by atoms with E-state index in [4.69, 9.17) is 9.47 Å². The third-order valence-corrected chi connectivity index (χ3v) is 10.0. The molecule has 1 N–H and O–H groups in total. The molecule has 15 heteroatoms. The normalized spacial score (nSPS) is 20.9. The second kappa shape index (κ2) is 14.1. The Labute approximate surface area is 302 Å². The van der Waals surface area contributed by atoms with Gasteiger partial charge in [0.15, 0.2) is 0 Å². The van der Waals surface area contributed by atoms with E-state index in [2.05, 4.69) is 5.32 Å². The summed E-state index contributed by atoms with van der Waals surface area (Å²) in [6.07, 6.45) is -8.08. The molecule has 3 aromatic carbocycles. The molecule has 0 bridgehead atoms. The molecule has 3 aliphatic rings. The molecular weight excluding hydrogens is 706 g/mol. The lowest BCUT2D eigenvalue weighted by atomic mass is 9.89. The van der Waals surface area contributed by atoms with Crippen molar-refractivity contribution in [3.8, 4) is 5.75 Å². The van der Waals surface area contributed by atoms with Gasteiger partial charge in [-0.25, -0.2) is 4.79 Å². The summed E-state index contributed by atoms with van der Waals surface area (Å²) in [6, 6.07) is 14.2. The maximum Gasteiger partial charge on any atom is 0.430 e. The van der Waals surface area contributed by atoms with Gasteiger partial charge in [-0.05, 0) is 61.2 Å². The minimum absolute atomic E-state index is 0.0911. The minimum atomic E-state index is -5.87. The Morgan fingerprint density at radius 2 is 1.72 bits per heavy atom. The first kappa shape index (κ1) is 37.7. The van der Waals surface area contributed by atoms with Crippen LogP contribution in [-0.2, 0) is 38.5 Å². The molecule has 2 fully saturated rings. The number of allylic oxidation sites excluding steroid dienone is 1. The lowest BCUT2D eigenvalue weighted by Gasteiger charge is -2.42. The molecule has 0 aromatic heterocycles. The fraction of sp³-hybridized carbons (Fsp3) is 0.395. The first-order valence-electron chi connectivity index (χ1n) is 17.0. The van der Waals surface area contributed by atoms with Crippen LogP contribution in [0.4, 0.5) is 36.8 Å². The first-order chi connectivity index (χ1) is 25.0. The van der Waals surface area contributed by atoms with Crippen LogP contribution in [0.15, 0.2) is 72.8 Å². The standard InChI is InChI=1S/C38H38F6N4O5/c1-4-8-27-19-29(36(37(39,40)41,38(42,43)44)53-23-25-9-6-5-7-10-25)13-14-30(27)47-17-16-46(21-24(47)2)32(49)22-48-33(50)35(3,45-34(48)51)28-12-11-26-15-18-52-31(26)20-28/h4-14,19-20,24H,15-18,21-23H2,1-3H3,(H,45,51)/t24-,35?/m0/s1. The summed E-state index contributed by atoms with van der Waals surface area (Å²) in [7, 11) is 0. The van der Waals surface area contributed by atoms with Gasteiger partial charge in [-0.1, -0.05) is 60.7 Å². The number of amides is 4. The smallest absolute Gasteiger partial charge is 0.430 e. The van der Waals surface area contributed by atoms with Crippen molar-refractivity contribution in [1.82, 2.24) is 15.1 Å². The second-order valence-electron chi connectivity index (χ2n) is 13.5. The summed E-state index contributed by atoms with van der Waals surface area (Å²) in [4.78, 5) is 44.2. The average molecular weight is 745 g/mol. The Bertz CT molecular complexity index is 1900. The zero-order valence-electron chi connectivity index (χ0n) is 29.2. The van der Waals surface area contributed by atoms with Gasteiger partial charge in [0.05, 0.1) is 13.2 Å². The predicted octanol–water partition coefficient (Wildman–Crippen LogP) is 6.70. The maximum absolute atomic E-state index is 14.6. The lowest BCUT2D eigenvalue weighted by Crippen LogP contribution is -2.56. The number of anilines is 1. The number of halogens is 6. The Kier molecular flexibility index (Phi) is 10.0. The van der Waals surface area contributed by atoms with Gasteiger partial charge >= 0.3 is 18.4 Å². The average Bonchev–Trinajstić information content (AvgIpc) is 3.66. The van der Waals surface area contributed by atoms with Crippen molar-refractivity contribution >= 4 is 29.6 Å². The third-order valence-electron chi connectivity index (χ3n) is 10.0. The van der Waals surface area contributed by atoms with E-state index < -0.39 is 66.1 Å². The quantitative estimate of drug-likeness (QED) is 0.194. The number of hydrogen-bond acceptors (Lipinski definition) is 6. The third kappa shape index (κ3) is 6.82. The number of benzene rings is 3. The number of urea groups is 1. The van der Waals surface area contributed by atoms with E-state index in [9.17, 15) is 40.7 Å². The Morgan fingerprint density at radius 1 is 1.00 bits per heavy atom. The molecule has 0 spiro atoms. The molecule has 3 heterocycles. The SMILES string of the molecule is CC=Cc1cc(C(OCc2ccccc2)(C(F)(F)F)C(F)(F)F)ccc1N1CCN(C(=O)CN2C(=O)NC(C)(c3ccc4c(c3)OCC4)C2=O)C[C@@H]1C. The molecule has 53 heavy (non-hydrogen) atoms. The number of nitrogens with zero attached hydrogens (tertiary/aromatic N) is 3. The van der Waals surface area contributed by atoms with Gasteiger partial charge in [0.2, 0.25) is 5.91 Å². The van der Waals surface area contributed by atoms with Crippen molar-refractivity contribution in [3.63, 3.8) is 0 Å². The van der Waals surface area contributed by atoms with Crippen LogP contribution in [0.25, 0.3) is 6.08 Å². The van der Waals surface area contributed by atoms with Gasteiger partial charge in [-0.2, -0.15) is 26.3 Å². The molecule has 2 atom stereocenters. The van der Waals surface area contributed by atoms with Crippen LogP contribution in [0.5, 0.6) is 5.75 Å². The van der Waals surface area contributed by atoms with E-state index in [1.54, 1.807) is 43.9 Å². The fourth-order valence-corrected chi connectivity index (χ4v) is 7.14. The lowest BCUT2D eigenvalue weighted by molar-refractivity contribution is -0.392. The van der Waals surface area contributed by atoms with Crippen LogP contribution < -0.4 is 15.0 Å². The number of rotatable bonds is 9. The van der Waals surface area contributed by atoms with Crippen LogP contribution in [0.1, 0.15) is 48.6 Å². The molecule has 3 aliphatic heterocycles. The summed E-state index contributed by atoms with van der Waals surface area (Å²) in [5.41, 5.74) is -5.07. The second-order valence-corrected chi connectivity index (χ2v) is 13.5. The van der Waals surface area contributed by atoms with Gasteiger partial charge in [0.25, 0.3) is 11.5 Å². The summed E-state index contributed by atoms with van der Waals surface area (Å²) in [5, 5.41) is 2.70. The van der Waals surface area contributed by atoms with E-state index in [-0.39, 0.29) is 30.8 Å². The highest BCUT2D eigenvalue weighted by atomic mass is 19.4. The summed E-state index contributed by atoms with van der Waals surface area (Å²) >= 11 is 0. The number of nitrogens with one attached hydrogen (secondary N) is 1. The van der Waals surface area contributed by atoms with Crippen molar-refractivity contribution in [2.24, 2.45) is 0 Å². The maximum atomic E-state index is 14.6. The van der Waals surface area contributed by atoms with Crippen molar-refractivity contribution < 1.29 is 50.2 Å². The summed E-state index contributed by atoms with van der Waals surface area (Å²) in [6.45, 7) is 4.34. The number of piperazine rings is 1. The number of alkyl halides is 6. The number of carbonyl (C=O) groups is 3. The predicted molar refractivity (Wildman–Crippen MR) is 183 cm³/mol. The van der Waals surface area contributed by atoms with Crippen LogP contribution in [0.2, 0.25) is 0 Å². The summed E-state index contributed by atoms with van der Waals surface area (Å²) < 4.78 is 98.2. The molecule has 2 saturated heterocycles. The molecular formula is C38H38F6N4O5. The van der Waals surface area contributed by atoms with E-state index in [0.29, 0.717) is 23.6 Å². The Balaban J connectivity index is 1.19. The molecule has 0 radical (unpaired) electrons. The molecule has 282 valence electrons. The Morgan fingerprint density at radius 3 is 2.38 bits per heavy atom. The van der Waals surface area contributed by atoms with Crippen LogP contribution in [0, 0.1) is 0 Å². The van der Waals surface area contributed by atoms with Crippen LogP contribution >= 0.6 is 0 Å². The zero-order chi connectivity index (χ0) is 38.3. The van der Waals surface area contributed by atoms with Gasteiger partial charge < -0.3 is 24.6 Å². The van der Waals surface area contributed by atoms with E-state index in [0.717, 1.165) is 29.0 Å². The van der Waals surface area contributed by atoms with Crippen LogP contribution in [-0.4, -0.2) is 78.8 Å². The first-order valence-corrected chi connectivity index (χ1v) is 17.0. The van der Waals surface area contributed by atoms with Gasteiger partial charge in [-0.15, -0.1) is 0 Å². The van der Waals surface area contributed by atoms with Crippen molar-refractivity contribution in [2.75, 3.05) is 37.7 Å².